The molecule has 0 amide bonds. The fraction of sp³-hybridized carbons (Fsp3) is 0.571. The van der Waals surface area contributed by atoms with Gasteiger partial charge in [-0.1, -0.05) is 13.0 Å². The fourth-order valence-corrected chi connectivity index (χ4v) is 2.11. The second-order valence-electron chi connectivity index (χ2n) is 4.37. The summed E-state index contributed by atoms with van der Waals surface area (Å²) < 4.78 is 11.3. The lowest BCUT2D eigenvalue weighted by Gasteiger charge is -2.35. The van der Waals surface area contributed by atoms with E-state index in [-0.39, 0.29) is 0 Å². The molecule has 94 valence electrons. The van der Waals surface area contributed by atoms with Crippen LogP contribution in [0.4, 0.5) is 0 Å². The highest BCUT2D eigenvalue weighted by Gasteiger charge is 2.29. The summed E-state index contributed by atoms with van der Waals surface area (Å²) in [6, 6.07) is 8.52. The van der Waals surface area contributed by atoms with Gasteiger partial charge in [-0.05, 0) is 38.4 Å². The number of ether oxygens (including phenoxy) is 2. The van der Waals surface area contributed by atoms with E-state index in [4.69, 9.17) is 9.47 Å². The van der Waals surface area contributed by atoms with Crippen LogP contribution in [-0.2, 0) is 0 Å². The van der Waals surface area contributed by atoms with Crippen molar-refractivity contribution in [2.75, 3.05) is 13.2 Å². The monoisotopic (exact) mass is 235 g/mol. The van der Waals surface area contributed by atoms with Crippen molar-refractivity contribution in [3.8, 4) is 11.5 Å². The molecule has 1 fully saturated rings. The van der Waals surface area contributed by atoms with Gasteiger partial charge in [0, 0.05) is 12.1 Å². The normalized spacial score (nSPS) is 22.9. The number of hydrogen-bond acceptors (Lipinski definition) is 3. The lowest BCUT2D eigenvalue weighted by molar-refractivity contribution is 0.0857. The second-order valence-corrected chi connectivity index (χ2v) is 4.37. The molecule has 1 aliphatic rings. The molecule has 0 saturated heterocycles. The molecule has 3 heteroatoms. The average molecular weight is 235 g/mol. The summed E-state index contributed by atoms with van der Waals surface area (Å²) in [5.74, 6) is 1.79. The average Bonchev–Trinajstić information content (AvgIpc) is 2.27. The minimum Gasteiger partial charge on any atom is -0.494 e. The Labute approximate surface area is 103 Å². The summed E-state index contributed by atoms with van der Waals surface area (Å²) in [7, 11) is 0. The van der Waals surface area contributed by atoms with Crippen LogP contribution in [0.1, 0.15) is 26.7 Å². The molecule has 0 radical (unpaired) electrons. The Morgan fingerprint density at radius 2 is 2.00 bits per heavy atom. The molecule has 0 heterocycles. The Morgan fingerprint density at radius 1 is 1.24 bits per heavy atom. The topological polar surface area (TPSA) is 30.5 Å². The molecular weight excluding hydrogens is 214 g/mol. The van der Waals surface area contributed by atoms with Crippen molar-refractivity contribution in [2.45, 2.75) is 38.8 Å². The first-order valence-corrected chi connectivity index (χ1v) is 6.44. The highest BCUT2D eigenvalue weighted by molar-refractivity contribution is 5.33. The van der Waals surface area contributed by atoms with E-state index in [2.05, 4.69) is 12.2 Å². The number of nitrogens with one attached hydrogen (secondary N) is 1. The molecule has 1 aromatic rings. The molecule has 0 atom stereocenters. The third-order valence-electron chi connectivity index (χ3n) is 3.01. The zero-order chi connectivity index (χ0) is 12.1. The van der Waals surface area contributed by atoms with Crippen LogP contribution < -0.4 is 14.8 Å². The highest BCUT2D eigenvalue weighted by Crippen LogP contribution is 2.27. The van der Waals surface area contributed by atoms with E-state index < -0.39 is 0 Å². The minimum absolute atomic E-state index is 0.357. The molecule has 0 unspecified atom stereocenters. The van der Waals surface area contributed by atoms with Crippen molar-refractivity contribution in [3.63, 3.8) is 0 Å². The Kier molecular flexibility index (Phi) is 4.26. The molecule has 0 aromatic heterocycles. The number of hydrogen-bond donors (Lipinski definition) is 1. The maximum absolute atomic E-state index is 5.89. The van der Waals surface area contributed by atoms with E-state index in [1.54, 1.807) is 0 Å². The molecule has 1 saturated carbocycles. The van der Waals surface area contributed by atoms with Gasteiger partial charge in [-0.3, -0.25) is 0 Å². The van der Waals surface area contributed by atoms with Crippen LogP contribution in [0.5, 0.6) is 11.5 Å². The summed E-state index contributed by atoms with van der Waals surface area (Å²) in [6.07, 6.45) is 2.57. The molecule has 3 nitrogen and oxygen atoms in total. The van der Waals surface area contributed by atoms with E-state index in [0.717, 1.165) is 30.9 Å². The Bertz CT molecular complexity index is 348. The van der Waals surface area contributed by atoms with Gasteiger partial charge in [0.15, 0.2) is 0 Å². The predicted molar refractivity (Wildman–Crippen MR) is 68.7 cm³/mol. The zero-order valence-electron chi connectivity index (χ0n) is 10.6. The predicted octanol–water partition coefficient (Wildman–Crippen LogP) is 2.60. The fourth-order valence-electron chi connectivity index (χ4n) is 2.11. The van der Waals surface area contributed by atoms with Crippen molar-refractivity contribution in [1.82, 2.24) is 5.32 Å². The van der Waals surface area contributed by atoms with Gasteiger partial charge >= 0.3 is 0 Å². The quantitative estimate of drug-likeness (QED) is 0.822. The van der Waals surface area contributed by atoms with Crippen molar-refractivity contribution in [3.05, 3.63) is 24.3 Å². The minimum atomic E-state index is 0.357. The molecule has 2 rings (SSSR count). The molecule has 1 aromatic carbocycles. The van der Waals surface area contributed by atoms with Gasteiger partial charge in [0.2, 0.25) is 0 Å². The van der Waals surface area contributed by atoms with Crippen LogP contribution in [0, 0.1) is 0 Å². The Hall–Kier alpha value is -1.22. The highest BCUT2D eigenvalue weighted by atomic mass is 16.5. The van der Waals surface area contributed by atoms with Crippen LogP contribution in [0.3, 0.4) is 0 Å². The van der Waals surface area contributed by atoms with Gasteiger partial charge in [0.05, 0.1) is 6.61 Å². The van der Waals surface area contributed by atoms with E-state index >= 15 is 0 Å². The third-order valence-corrected chi connectivity index (χ3v) is 3.01. The molecule has 0 spiro atoms. The maximum Gasteiger partial charge on any atom is 0.123 e. The Balaban J connectivity index is 1.81. The van der Waals surface area contributed by atoms with E-state index in [0.29, 0.717) is 18.8 Å². The van der Waals surface area contributed by atoms with Gasteiger partial charge in [0.25, 0.3) is 0 Å². The molecule has 0 aliphatic heterocycles. The first-order chi connectivity index (χ1) is 8.31. The molecular formula is C14H21NO2. The van der Waals surface area contributed by atoms with Gasteiger partial charge in [-0.15, -0.1) is 0 Å². The SMILES string of the molecule is CCN[C@H]1C[C@@H](Oc2cccc(OCC)c2)C1. The lowest BCUT2D eigenvalue weighted by atomic mass is 9.89. The number of rotatable bonds is 6. The van der Waals surface area contributed by atoms with Crippen LogP contribution in [0.2, 0.25) is 0 Å². The van der Waals surface area contributed by atoms with Gasteiger partial charge in [0.1, 0.15) is 17.6 Å². The van der Waals surface area contributed by atoms with Crippen molar-refractivity contribution < 1.29 is 9.47 Å². The third kappa shape index (κ3) is 3.37. The summed E-state index contributed by atoms with van der Waals surface area (Å²) in [5, 5.41) is 3.42. The van der Waals surface area contributed by atoms with E-state index in [1.807, 2.05) is 31.2 Å². The summed E-state index contributed by atoms with van der Waals surface area (Å²) in [6.45, 7) is 5.85. The number of benzene rings is 1. The second kappa shape index (κ2) is 5.92. The summed E-state index contributed by atoms with van der Waals surface area (Å²) in [4.78, 5) is 0. The first-order valence-electron chi connectivity index (χ1n) is 6.44. The smallest absolute Gasteiger partial charge is 0.123 e. The lowest BCUT2D eigenvalue weighted by Crippen LogP contribution is -2.46. The van der Waals surface area contributed by atoms with Crippen molar-refractivity contribution in [1.29, 1.82) is 0 Å². The van der Waals surface area contributed by atoms with Crippen LogP contribution in [0.25, 0.3) is 0 Å². The summed E-state index contributed by atoms with van der Waals surface area (Å²) in [5.41, 5.74) is 0. The molecule has 0 bridgehead atoms. The molecule has 17 heavy (non-hydrogen) atoms. The maximum atomic E-state index is 5.89. The van der Waals surface area contributed by atoms with Crippen LogP contribution in [-0.4, -0.2) is 25.3 Å². The summed E-state index contributed by atoms with van der Waals surface area (Å²) >= 11 is 0. The Morgan fingerprint density at radius 3 is 2.71 bits per heavy atom. The zero-order valence-corrected chi connectivity index (χ0v) is 10.6. The molecule has 1 N–H and O–H groups in total. The van der Waals surface area contributed by atoms with E-state index in [9.17, 15) is 0 Å². The first kappa shape index (κ1) is 12.2. The van der Waals surface area contributed by atoms with Crippen molar-refractivity contribution in [2.24, 2.45) is 0 Å². The van der Waals surface area contributed by atoms with Gasteiger partial charge in [-0.25, -0.2) is 0 Å². The van der Waals surface area contributed by atoms with E-state index in [1.165, 1.54) is 0 Å². The largest absolute Gasteiger partial charge is 0.494 e. The molecule has 1 aliphatic carbocycles. The van der Waals surface area contributed by atoms with Crippen molar-refractivity contribution >= 4 is 0 Å². The van der Waals surface area contributed by atoms with Gasteiger partial charge in [-0.2, -0.15) is 0 Å². The standard InChI is InChI=1S/C14H21NO2/c1-3-15-11-8-14(9-11)17-13-7-5-6-12(10-13)16-4-2/h5-7,10-11,14-15H,3-4,8-9H2,1-2H3/t11-,14+. The van der Waals surface area contributed by atoms with Crippen LogP contribution >= 0.6 is 0 Å². The van der Waals surface area contributed by atoms with Gasteiger partial charge < -0.3 is 14.8 Å². The van der Waals surface area contributed by atoms with Crippen LogP contribution in [0.15, 0.2) is 24.3 Å².